The molecule has 8 nitrogen and oxygen atoms in total. The van der Waals surface area contributed by atoms with E-state index in [1.165, 1.54) is 4.90 Å². The number of carbonyl (C=O) groups excluding carboxylic acids is 1. The van der Waals surface area contributed by atoms with Crippen LogP contribution in [0.5, 0.6) is 0 Å². The molecule has 1 aromatic heterocycles. The standard InChI is InChI=1S/C28H43N3O5/c1-9-35-25(32)24(36-27(4,5)6)22-19(3)29-18(2)21(20-10-14-31(15-11-20)26(33)34)23(22)30-16-12-28(7,8)13-17-30/h10,24H,9,11-17H2,1-8H3,(H,33,34). The van der Waals surface area contributed by atoms with Crippen molar-refractivity contribution in [2.24, 2.45) is 5.41 Å². The quantitative estimate of drug-likeness (QED) is 0.514. The topological polar surface area (TPSA) is 92.2 Å². The lowest BCUT2D eigenvalue weighted by molar-refractivity contribution is -0.166. The van der Waals surface area contributed by atoms with E-state index in [2.05, 4.69) is 18.7 Å². The number of carboxylic acid groups (broad SMARTS) is 1. The predicted octanol–water partition coefficient (Wildman–Crippen LogP) is 5.51. The zero-order valence-electron chi connectivity index (χ0n) is 23.2. The second-order valence-corrected chi connectivity index (χ2v) is 11.6. The Morgan fingerprint density at radius 2 is 1.78 bits per heavy atom. The molecule has 0 radical (unpaired) electrons. The van der Waals surface area contributed by atoms with E-state index in [9.17, 15) is 14.7 Å². The normalized spacial score (nSPS) is 19.1. The fraction of sp³-hybridized carbons (Fsp3) is 0.679. The Morgan fingerprint density at radius 1 is 1.14 bits per heavy atom. The molecule has 2 aliphatic heterocycles. The molecule has 3 rings (SSSR count). The summed E-state index contributed by atoms with van der Waals surface area (Å²) in [5.41, 5.74) is 5.10. The first-order valence-electron chi connectivity index (χ1n) is 13.0. The molecule has 200 valence electrons. The summed E-state index contributed by atoms with van der Waals surface area (Å²) in [5.74, 6) is -0.416. The maximum Gasteiger partial charge on any atom is 0.407 e. The van der Waals surface area contributed by atoms with Crippen LogP contribution in [-0.4, -0.2) is 65.4 Å². The van der Waals surface area contributed by atoms with Crippen molar-refractivity contribution >= 4 is 23.3 Å². The highest BCUT2D eigenvalue weighted by atomic mass is 16.6. The van der Waals surface area contributed by atoms with E-state index in [4.69, 9.17) is 14.5 Å². The number of esters is 1. The van der Waals surface area contributed by atoms with E-state index in [0.29, 0.717) is 19.5 Å². The van der Waals surface area contributed by atoms with Crippen LogP contribution in [-0.2, 0) is 14.3 Å². The fourth-order valence-electron chi connectivity index (χ4n) is 5.07. The molecule has 0 aliphatic carbocycles. The van der Waals surface area contributed by atoms with Crippen LogP contribution < -0.4 is 4.90 Å². The minimum Gasteiger partial charge on any atom is -0.465 e. The molecule has 1 atom stereocenters. The van der Waals surface area contributed by atoms with Crippen LogP contribution in [0.2, 0.25) is 0 Å². The highest BCUT2D eigenvalue weighted by Gasteiger charge is 2.37. The van der Waals surface area contributed by atoms with Crippen LogP contribution in [0.3, 0.4) is 0 Å². The van der Waals surface area contributed by atoms with Crippen molar-refractivity contribution in [2.45, 2.75) is 86.4 Å². The summed E-state index contributed by atoms with van der Waals surface area (Å²) in [4.78, 5) is 33.5. The van der Waals surface area contributed by atoms with Gasteiger partial charge in [0.15, 0.2) is 6.10 Å². The van der Waals surface area contributed by atoms with Crippen molar-refractivity contribution in [3.05, 3.63) is 28.6 Å². The van der Waals surface area contributed by atoms with Crippen LogP contribution >= 0.6 is 0 Å². The third-order valence-corrected chi connectivity index (χ3v) is 7.05. The van der Waals surface area contributed by atoms with Gasteiger partial charge in [-0.1, -0.05) is 19.9 Å². The van der Waals surface area contributed by atoms with Crippen LogP contribution in [0, 0.1) is 19.3 Å². The van der Waals surface area contributed by atoms with Gasteiger partial charge in [-0.3, -0.25) is 4.98 Å². The van der Waals surface area contributed by atoms with Crippen molar-refractivity contribution in [3.8, 4) is 0 Å². The number of hydrogen-bond acceptors (Lipinski definition) is 6. The van der Waals surface area contributed by atoms with Crippen molar-refractivity contribution in [1.29, 1.82) is 0 Å². The van der Waals surface area contributed by atoms with E-state index >= 15 is 0 Å². The van der Waals surface area contributed by atoms with Crippen LogP contribution in [0.1, 0.15) is 89.4 Å². The highest BCUT2D eigenvalue weighted by molar-refractivity contribution is 5.87. The molecule has 0 aromatic carbocycles. The Hall–Kier alpha value is -2.61. The monoisotopic (exact) mass is 501 g/mol. The molecule has 36 heavy (non-hydrogen) atoms. The Balaban J connectivity index is 2.24. The molecule has 1 fully saturated rings. The average molecular weight is 502 g/mol. The number of anilines is 1. The smallest absolute Gasteiger partial charge is 0.407 e. The zero-order valence-corrected chi connectivity index (χ0v) is 23.2. The van der Waals surface area contributed by atoms with Crippen LogP contribution in [0.15, 0.2) is 6.08 Å². The van der Waals surface area contributed by atoms with Gasteiger partial charge in [0.05, 0.1) is 17.9 Å². The number of rotatable bonds is 6. The second kappa shape index (κ2) is 10.8. The maximum absolute atomic E-state index is 13.3. The van der Waals surface area contributed by atoms with Crippen LogP contribution in [0.4, 0.5) is 10.5 Å². The molecule has 1 unspecified atom stereocenters. The van der Waals surface area contributed by atoms with Gasteiger partial charge in [-0.05, 0) is 71.8 Å². The number of pyridine rings is 1. The summed E-state index contributed by atoms with van der Waals surface area (Å²) < 4.78 is 11.9. The fourth-order valence-corrected chi connectivity index (χ4v) is 5.07. The number of aromatic nitrogens is 1. The number of nitrogens with zero attached hydrogens (tertiary/aromatic N) is 3. The molecule has 3 heterocycles. The molecular weight excluding hydrogens is 458 g/mol. The lowest BCUT2D eigenvalue weighted by atomic mass is 9.81. The molecule has 1 saturated heterocycles. The predicted molar refractivity (Wildman–Crippen MR) is 141 cm³/mol. The van der Waals surface area contributed by atoms with E-state index in [-0.39, 0.29) is 12.0 Å². The summed E-state index contributed by atoms with van der Waals surface area (Å²) in [6, 6.07) is 0. The Morgan fingerprint density at radius 3 is 2.28 bits per heavy atom. The van der Waals surface area contributed by atoms with Crippen molar-refractivity contribution < 1.29 is 24.2 Å². The first-order chi connectivity index (χ1) is 16.7. The van der Waals surface area contributed by atoms with Gasteiger partial charge in [0.2, 0.25) is 0 Å². The molecule has 0 saturated carbocycles. The van der Waals surface area contributed by atoms with Gasteiger partial charge in [0.1, 0.15) is 0 Å². The van der Waals surface area contributed by atoms with Crippen molar-refractivity contribution in [2.75, 3.05) is 37.7 Å². The SMILES string of the molecule is CCOC(=O)C(OC(C)(C)C)c1c(C)nc(C)c(C2=CCN(C(=O)O)CC2)c1N1CCC(C)(C)CC1. The summed E-state index contributed by atoms with van der Waals surface area (Å²) in [5, 5.41) is 9.44. The van der Waals surface area contributed by atoms with Gasteiger partial charge in [-0.15, -0.1) is 0 Å². The number of amides is 1. The minimum absolute atomic E-state index is 0.252. The average Bonchev–Trinajstić information content (AvgIpc) is 2.77. The molecule has 1 N–H and O–H groups in total. The van der Waals surface area contributed by atoms with Gasteiger partial charge in [0, 0.05) is 48.7 Å². The van der Waals surface area contributed by atoms with E-state index in [0.717, 1.165) is 59.7 Å². The molecule has 0 bridgehead atoms. The zero-order chi connectivity index (χ0) is 26.8. The summed E-state index contributed by atoms with van der Waals surface area (Å²) >= 11 is 0. The lowest BCUT2D eigenvalue weighted by Gasteiger charge is -2.41. The second-order valence-electron chi connectivity index (χ2n) is 11.6. The maximum atomic E-state index is 13.3. The van der Waals surface area contributed by atoms with E-state index in [1.807, 2.05) is 40.7 Å². The molecule has 1 aromatic rings. The Bertz CT molecular complexity index is 1010. The van der Waals surface area contributed by atoms with Crippen molar-refractivity contribution in [1.82, 2.24) is 9.88 Å². The lowest BCUT2D eigenvalue weighted by Crippen LogP contribution is -2.40. The first kappa shape index (κ1) is 28.0. The molecule has 0 spiro atoms. The number of ether oxygens (including phenoxy) is 2. The summed E-state index contributed by atoms with van der Waals surface area (Å²) in [6.45, 7) is 18.9. The van der Waals surface area contributed by atoms with Gasteiger partial charge in [-0.2, -0.15) is 0 Å². The molecule has 1 amide bonds. The summed E-state index contributed by atoms with van der Waals surface area (Å²) in [6.07, 6.45) is 2.81. The van der Waals surface area contributed by atoms with Crippen molar-refractivity contribution in [3.63, 3.8) is 0 Å². The number of hydrogen-bond donors (Lipinski definition) is 1. The molecule has 8 heteroatoms. The van der Waals surface area contributed by atoms with E-state index < -0.39 is 23.8 Å². The van der Waals surface area contributed by atoms with Gasteiger partial charge in [0.25, 0.3) is 0 Å². The number of piperidine rings is 1. The third kappa shape index (κ3) is 6.38. The third-order valence-electron chi connectivity index (χ3n) is 7.05. The van der Waals surface area contributed by atoms with Gasteiger partial charge in [-0.25, -0.2) is 9.59 Å². The van der Waals surface area contributed by atoms with E-state index in [1.54, 1.807) is 6.92 Å². The summed E-state index contributed by atoms with van der Waals surface area (Å²) in [7, 11) is 0. The largest absolute Gasteiger partial charge is 0.465 e. The highest BCUT2D eigenvalue weighted by Crippen LogP contribution is 2.44. The minimum atomic E-state index is -0.915. The Labute approximate surface area is 215 Å². The molecule has 2 aliphatic rings. The molecular formula is C28H43N3O5. The Kier molecular flexibility index (Phi) is 8.38. The van der Waals surface area contributed by atoms with Gasteiger partial charge < -0.3 is 24.4 Å². The van der Waals surface area contributed by atoms with Gasteiger partial charge >= 0.3 is 12.1 Å². The first-order valence-corrected chi connectivity index (χ1v) is 13.0. The van der Waals surface area contributed by atoms with Crippen LogP contribution in [0.25, 0.3) is 5.57 Å². The number of carbonyl (C=O) groups is 2. The number of aryl methyl sites for hydroxylation is 2.